The van der Waals surface area contributed by atoms with E-state index in [1.165, 1.54) is 31.7 Å². The number of anilines is 2. The molecule has 0 unspecified atom stereocenters. The summed E-state index contributed by atoms with van der Waals surface area (Å²) in [6, 6.07) is 3.80. The molecule has 4 nitrogen and oxygen atoms in total. The van der Waals surface area contributed by atoms with Crippen molar-refractivity contribution in [3.63, 3.8) is 0 Å². The van der Waals surface area contributed by atoms with Gasteiger partial charge in [0, 0.05) is 31.3 Å². The van der Waals surface area contributed by atoms with Gasteiger partial charge in [-0.2, -0.15) is 0 Å². The summed E-state index contributed by atoms with van der Waals surface area (Å²) < 4.78 is 19.8. The van der Waals surface area contributed by atoms with E-state index < -0.39 is 0 Å². The Morgan fingerprint density at radius 2 is 1.89 bits per heavy atom. The van der Waals surface area contributed by atoms with Crippen LogP contribution in [0.25, 0.3) is 0 Å². The lowest BCUT2D eigenvalue weighted by atomic mass is 9.79. The number of hydrogen-bond donors (Lipinski definition) is 2. The summed E-state index contributed by atoms with van der Waals surface area (Å²) in [5.74, 6) is -0.329. The second-order valence-corrected chi connectivity index (χ2v) is 8.68. The third-order valence-electron chi connectivity index (χ3n) is 6.46. The maximum absolute atomic E-state index is 13.9. The predicted molar refractivity (Wildman–Crippen MR) is 111 cm³/mol. The molecule has 1 saturated carbocycles. The first-order valence-corrected chi connectivity index (χ1v) is 10.6. The Balaban J connectivity index is 1.51. The summed E-state index contributed by atoms with van der Waals surface area (Å²) in [5, 5.41) is 3.49. The molecule has 0 radical (unpaired) electrons. The van der Waals surface area contributed by atoms with Crippen LogP contribution in [0.4, 0.5) is 15.8 Å². The van der Waals surface area contributed by atoms with Gasteiger partial charge in [0.15, 0.2) is 0 Å². The number of piperidine rings is 1. The second kappa shape index (κ2) is 8.78. The number of nitrogens with one attached hydrogen (secondary N) is 1. The molecule has 0 spiro atoms. The van der Waals surface area contributed by atoms with E-state index in [9.17, 15) is 4.39 Å². The Kier molecular flexibility index (Phi) is 6.64. The second-order valence-electron chi connectivity index (χ2n) is 8.68. The minimum Gasteiger partial charge on any atom is -0.395 e. The normalized spacial score (nSPS) is 27.6. The van der Waals surface area contributed by atoms with E-state index >= 15 is 0 Å². The Bertz CT molecular complexity index is 620. The van der Waals surface area contributed by atoms with Crippen molar-refractivity contribution in [1.29, 1.82) is 0 Å². The zero-order chi connectivity index (χ0) is 19.4. The van der Waals surface area contributed by atoms with Crippen LogP contribution < -0.4 is 11.1 Å². The highest BCUT2D eigenvalue weighted by atomic mass is 19.1. The van der Waals surface area contributed by atoms with Crippen LogP contribution in [-0.4, -0.2) is 42.3 Å². The number of hydrogen-bond acceptors (Lipinski definition) is 4. The van der Waals surface area contributed by atoms with Crippen LogP contribution in [0.5, 0.6) is 0 Å². The third-order valence-corrected chi connectivity index (χ3v) is 6.46. The first-order chi connectivity index (χ1) is 12.9. The number of likely N-dealkylation sites (tertiary alicyclic amines) is 1. The van der Waals surface area contributed by atoms with E-state index in [4.69, 9.17) is 10.5 Å². The van der Waals surface area contributed by atoms with Gasteiger partial charge in [0.25, 0.3) is 0 Å². The van der Waals surface area contributed by atoms with E-state index in [-0.39, 0.29) is 11.5 Å². The van der Waals surface area contributed by atoms with Crippen molar-refractivity contribution >= 4 is 11.4 Å². The summed E-state index contributed by atoms with van der Waals surface area (Å²) in [6.07, 6.45) is 8.48. The molecule has 27 heavy (non-hydrogen) atoms. The lowest BCUT2D eigenvalue weighted by molar-refractivity contribution is -0.0277. The summed E-state index contributed by atoms with van der Waals surface area (Å²) >= 11 is 0. The summed E-state index contributed by atoms with van der Waals surface area (Å²) in [5.41, 5.74) is 8.10. The highest BCUT2D eigenvalue weighted by Crippen LogP contribution is 2.37. The zero-order valence-corrected chi connectivity index (χ0v) is 17.2. The van der Waals surface area contributed by atoms with Crippen LogP contribution in [0.3, 0.4) is 0 Å². The molecular weight excluding hydrogens is 341 g/mol. The number of halogens is 1. The molecule has 1 aromatic carbocycles. The number of nitrogens with two attached hydrogens (primary N) is 1. The molecule has 1 aliphatic heterocycles. The zero-order valence-electron chi connectivity index (χ0n) is 17.2. The fourth-order valence-electron chi connectivity index (χ4n) is 4.64. The van der Waals surface area contributed by atoms with E-state index in [1.807, 2.05) is 13.0 Å². The number of nitrogen functional groups attached to an aromatic ring is 1. The van der Waals surface area contributed by atoms with Crippen LogP contribution in [0.15, 0.2) is 12.1 Å². The fraction of sp³-hybridized carbons (Fsp3) is 0.727. The quantitative estimate of drug-likeness (QED) is 0.704. The molecule has 2 fully saturated rings. The Hall–Kier alpha value is -1.33. The minimum absolute atomic E-state index is 0.236. The molecule has 3 N–H and O–H groups in total. The van der Waals surface area contributed by atoms with Crippen molar-refractivity contribution in [2.45, 2.75) is 83.4 Å². The van der Waals surface area contributed by atoms with Crippen LogP contribution in [-0.2, 0) is 4.74 Å². The van der Waals surface area contributed by atoms with E-state index in [0.29, 0.717) is 17.7 Å². The molecule has 0 amide bonds. The number of rotatable bonds is 6. The average Bonchev–Trinajstić information content (AvgIpc) is 2.66. The first kappa shape index (κ1) is 20.4. The smallest absolute Gasteiger partial charge is 0.148 e. The molecule has 0 bridgehead atoms. The van der Waals surface area contributed by atoms with Gasteiger partial charge in [-0.05, 0) is 76.5 Å². The van der Waals surface area contributed by atoms with Gasteiger partial charge in [-0.3, -0.25) is 4.90 Å². The molecular formula is C22H36FN3O. The van der Waals surface area contributed by atoms with Gasteiger partial charge >= 0.3 is 0 Å². The van der Waals surface area contributed by atoms with Crippen LogP contribution in [0, 0.1) is 12.7 Å². The molecule has 5 heteroatoms. The van der Waals surface area contributed by atoms with Crippen LogP contribution in [0.1, 0.15) is 64.4 Å². The van der Waals surface area contributed by atoms with Crippen molar-refractivity contribution in [3.05, 3.63) is 23.5 Å². The molecule has 1 aliphatic carbocycles. The van der Waals surface area contributed by atoms with E-state index in [0.717, 1.165) is 50.2 Å². The summed E-state index contributed by atoms with van der Waals surface area (Å²) in [7, 11) is 0. The molecule has 152 valence electrons. The Morgan fingerprint density at radius 3 is 2.52 bits per heavy atom. The number of nitrogens with zero attached hydrogens (tertiary/aromatic N) is 1. The Morgan fingerprint density at radius 1 is 1.22 bits per heavy atom. The highest BCUT2D eigenvalue weighted by molar-refractivity contribution is 5.68. The average molecular weight is 378 g/mol. The Labute approximate surface area is 163 Å². The number of benzene rings is 1. The minimum atomic E-state index is -0.329. The number of ether oxygens (including phenoxy) is 1. The number of aryl methyl sites for hydroxylation is 1. The molecule has 3 rings (SSSR count). The van der Waals surface area contributed by atoms with Crippen molar-refractivity contribution in [2.24, 2.45) is 0 Å². The van der Waals surface area contributed by atoms with Crippen LogP contribution >= 0.6 is 0 Å². The third kappa shape index (κ3) is 4.94. The van der Waals surface area contributed by atoms with Gasteiger partial charge in [0.05, 0.1) is 17.5 Å². The standard InChI is InChI=1S/C22H36FN3O/c1-4-13-27-18-5-9-22(3,10-6-18)26-11-7-17(8-12-26)25-20-15-16(2)14-19(23)21(20)24/h14-15,17-18,25H,4-13,24H2,1-3H3. The van der Waals surface area contributed by atoms with Crippen LogP contribution in [0.2, 0.25) is 0 Å². The van der Waals surface area contributed by atoms with Gasteiger partial charge in [0.1, 0.15) is 5.82 Å². The topological polar surface area (TPSA) is 50.5 Å². The lowest BCUT2D eigenvalue weighted by Crippen LogP contribution is -2.53. The molecule has 1 saturated heterocycles. The molecule has 0 atom stereocenters. The van der Waals surface area contributed by atoms with Gasteiger partial charge in [-0.1, -0.05) is 6.92 Å². The van der Waals surface area contributed by atoms with E-state index in [2.05, 4.69) is 24.1 Å². The van der Waals surface area contributed by atoms with Crippen molar-refractivity contribution < 1.29 is 9.13 Å². The van der Waals surface area contributed by atoms with Gasteiger partial charge in [0.2, 0.25) is 0 Å². The first-order valence-electron chi connectivity index (χ1n) is 10.6. The van der Waals surface area contributed by atoms with Crippen molar-refractivity contribution in [2.75, 3.05) is 30.7 Å². The molecule has 2 aliphatic rings. The molecule has 1 heterocycles. The molecule has 1 aromatic rings. The highest BCUT2D eigenvalue weighted by Gasteiger charge is 2.38. The summed E-state index contributed by atoms with van der Waals surface area (Å²) in [4.78, 5) is 2.67. The van der Waals surface area contributed by atoms with Crippen molar-refractivity contribution in [3.8, 4) is 0 Å². The van der Waals surface area contributed by atoms with Gasteiger partial charge < -0.3 is 15.8 Å². The monoisotopic (exact) mass is 377 g/mol. The maximum atomic E-state index is 13.9. The SMILES string of the molecule is CCCOC1CCC(C)(N2CCC(Nc3cc(C)cc(F)c3N)CC2)CC1. The predicted octanol–water partition coefficient (Wildman–Crippen LogP) is 4.72. The fourth-order valence-corrected chi connectivity index (χ4v) is 4.64. The van der Waals surface area contributed by atoms with E-state index in [1.54, 1.807) is 0 Å². The molecule has 0 aromatic heterocycles. The summed E-state index contributed by atoms with van der Waals surface area (Å²) in [6.45, 7) is 9.55. The van der Waals surface area contributed by atoms with Gasteiger partial charge in [-0.15, -0.1) is 0 Å². The van der Waals surface area contributed by atoms with Crippen molar-refractivity contribution in [1.82, 2.24) is 4.90 Å². The lowest BCUT2D eigenvalue weighted by Gasteiger charge is -2.48. The maximum Gasteiger partial charge on any atom is 0.148 e. The largest absolute Gasteiger partial charge is 0.395 e. The van der Waals surface area contributed by atoms with Gasteiger partial charge in [-0.25, -0.2) is 4.39 Å².